The Balaban J connectivity index is 2.12. The van der Waals surface area contributed by atoms with Crippen molar-refractivity contribution in [2.45, 2.75) is 13.3 Å². The van der Waals surface area contributed by atoms with Gasteiger partial charge in [-0.1, -0.05) is 34.1 Å². The van der Waals surface area contributed by atoms with Crippen molar-refractivity contribution >= 4 is 32.7 Å². The fourth-order valence-corrected chi connectivity index (χ4v) is 3.35. The van der Waals surface area contributed by atoms with Crippen molar-refractivity contribution in [1.82, 2.24) is 10.3 Å². The second-order valence-corrected chi connectivity index (χ2v) is 6.46. The number of benzene rings is 2. The Morgan fingerprint density at radius 2 is 2.04 bits per heavy atom. The van der Waals surface area contributed by atoms with Crippen molar-refractivity contribution in [3.63, 3.8) is 0 Å². The lowest BCUT2D eigenvalue weighted by atomic mass is 10.0. The predicted octanol–water partition coefficient (Wildman–Crippen LogP) is 4.28. The van der Waals surface area contributed by atoms with Gasteiger partial charge in [0.25, 0.3) is 0 Å². The summed E-state index contributed by atoms with van der Waals surface area (Å²) in [6.07, 6.45) is 0.739. The Hall–Kier alpha value is -2.27. The highest BCUT2D eigenvalue weighted by atomic mass is 79.9. The number of H-pyrrole nitrogens is 1. The maximum absolute atomic E-state index is 11.2. The zero-order valence-corrected chi connectivity index (χ0v) is 15.2. The molecule has 0 saturated carbocycles. The van der Waals surface area contributed by atoms with Gasteiger partial charge in [0.2, 0.25) is 5.91 Å². The molecule has 1 amide bonds. The number of aromatic nitrogens is 1. The Labute approximate surface area is 149 Å². The van der Waals surface area contributed by atoms with Crippen molar-refractivity contribution in [2.24, 2.45) is 0 Å². The number of aromatic amines is 1. The first kappa shape index (κ1) is 16.6. The lowest BCUT2D eigenvalue weighted by Gasteiger charge is -2.08. The average Bonchev–Trinajstić information content (AvgIpc) is 2.92. The Morgan fingerprint density at radius 3 is 2.75 bits per heavy atom. The van der Waals surface area contributed by atoms with Crippen LogP contribution in [0.5, 0.6) is 5.75 Å². The monoisotopic (exact) mass is 386 g/mol. The van der Waals surface area contributed by atoms with E-state index in [1.54, 1.807) is 7.11 Å². The number of carbonyl (C=O) groups excluding carboxylic acids is 1. The molecular formula is C19H19BrN2O2. The smallest absolute Gasteiger partial charge is 0.216 e. The molecule has 0 aliphatic carbocycles. The van der Waals surface area contributed by atoms with E-state index in [1.165, 1.54) is 12.5 Å². The van der Waals surface area contributed by atoms with Crippen molar-refractivity contribution in [1.29, 1.82) is 0 Å². The lowest BCUT2D eigenvalue weighted by molar-refractivity contribution is -0.118. The molecule has 0 unspecified atom stereocenters. The van der Waals surface area contributed by atoms with Crippen LogP contribution < -0.4 is 10.1 Å². The van der Waals surface area contributed by atoms with Gasteiger partial charge in [0.1, 0.15) is 5.75 Å². The molecule has 0 aliphatic heterocycles. The van der Waals surface area contributed by atoms with Gasteiger partial charge >= 0.3 is 0 Å². The van der Waals surface area contributed by atoms with E-state index < -0.39 is 0 Å². The van der Waals surface area contributed by atoms with Gasteiger partial charge in [-0.05, 0) is 36.2 Å². The van der Waals surface area contributed by atoms with Gasteiger partial charge in [-0.2, -0.15) is 0 Å². The summed E-state index contributed by atoms with van der Waals surface area (Å²) in [4.78, 5) is 14.7. The SMILES string of the molecule is COc1ccc2[nH]c(-c3ccccc3Br)c(CCNC(C)=O)c2c1. The molecule has 0 aliphatic rings. The molecule has 2 N–H and O–H groups in total. The van der Waals surface area contributed by atoms with E-state index in [0.717, 1.165) is 38.8 Å². The number of halogens is 1. The summed E-state index contributed by atoms with van der Waals surface area (Å²) in [7, 11) is 1.67. The summed E-state index contributed by atoms with van der Waals surface area (Å²) in [6, 6.07) is 14.1. The summed E-state index contributed by atoms with van der Waals surface area (Å²) >= 11 is 3.63. The quantitative estimate of drug-likeness (QED) is 0.687. The molecule has 124 valence electrons. The highest BCUT2D eigenvalue weighted by Gasteiger charge is 2.15. The zero-order chi connectivity index (χ0) is 17.1. The van der Waals surface area contributed by atoms with Crippen LogP contribution >= 0.6 is 15.9 Å². The van der Waals surface area contributed by atoms with E-state index in [9.17, 15) is 4.79 Å². The molecule has 2 aromatic carbocycles. The molecule has 3 rings (SSSR count). The first-order valence-electron chi connectivity index (χ1n) is 7.78. The predicted molar refractivity (Wildman–Crippen MR) is 100 cm³/mol. The van der Waals surface area contributed by atoms with E-state index in [2.05, 4.69) is 32.3 Å². The van der Waals surface area contributed by atoms with Gasteiger partial charge in [-0.3, -0.25) is 4.79 Å². The van der Waals surface area contributed by atoms with Crippen LogP contribution in [-0.2, 0) is 11.2 Å². The molecule has 0 spiro atoms. The number of rotatable bonds is 5. The van der Waals surface area contributed by atoms with E-state index in [0.29, 0.717) is 6.54 Å². The Morgan fingerprint density at radius 1 is 1.25 bits per heavy atom. The summed E-state index contributed by atoms with van der Waals surface area (Å²) in [6.45, 7) is 2.13. The van der Waals surface area contributed by atoms with Gasteiger partial charge in [0, 0.05) is 34.4 Å². The van der Waals surface area contributed by atoms with Crippen LogP contribution in [0.15, 0.2) is 46.9 Å². The van der Waals surface area contributed by atoms with Gasteiger partial charge in [-0.25, -0.2) is 0 Å². The number of nitrogens with one attached hydrogen (secondary N) is 2. The van der Waals surface area contributed by atoms with Crippen molar-refractivity contribution in [3.8, 4) is 17.0 Å². The van der Waals surface area contributed by atoms with Gasteiger partial charge in [0.15, 0.2) is 0 Å². The third-order valence-corrected chi connectivity index (χ3v) is 4.70. The topological polar surface area (TPSA) is 54.1 Å². The molecule has 0 saturated heterocycles. The van der Waals surface area contributed by atoms with Crippen LogP contribution in [0.2, 0.25) is 0 Å². The first-order valence-corrected chi connectivity index (χ1v) is 8.57. The lowest BCUT2D eigenvalue weighted by Crippen LogP contribution is -2.22. The normalized spacial score (nSPS) is 10.8. The molecule has 24 heavy (non-hydrogen) atoms. The molecule has 0 atom stereocenters. The minimum atomic E-state index is -0.0186. The van der Waals surface area contributed by atoms with Crippen LogP contribution in [0.1, 0.15) is 12.5 Å². The van der Waals surface area contributed by atoms with E-state index in [1.807, 2.05) is 36.4 Å². The number of ether oxygens (including phenoxy) is 1. The van der Waals surface area contributed by atoms with Gasteiger partial charge in [-0.15, -0.1) is 0 Å². The molecule has 1 aromatic heterocycles. The number of fused-ring (bicyclic) bond motifs is 1. The van der Waals surface area contributed by atoms with Crippen molar-refractivity contribution in [2.75, 3.05) is 13.7 Å². The van der Waals surface area contributed by atoms with Crippen LogP contribution in [0.25, 0.3) is 22.2 Å². The fourth-order valence-electron chi connectivity index (χ4n) is 2.87. The maximum atomic E-state index is 11.2. The number of methoxy groups -OCH3 is 1. The number of amides is 1. The van der Waals surface area contributed by atoms with Gasteiger partial charge in [0.05, 0.1) is 12.8 Å². The summed E-state index contributed by atoms with van der Waals surface area (Å²) < 4.78 is 6.40. The van der Waals surface area contributed by atoms with E-state index >= 15 is 0 Å². The molecule has 0 fully saturated rings. The number of hydrogen-bond donors (Lipinski definition) is 2. The standard InChI is InChI=1S/C19H19BrN2O2/c1-12(23)21-10-9-14-16-11-13(24-2)7-8-18(16)22-19(14)15-5-3-4-6-17(15)20/h3-8,11,22H,9-10H2,1-2H3,(H,21,23). The second-order valence-electron chi connectivity index (χ2n) is 5.60. The van der Waals surface area contributed by atoms with Crippen molar-refractivity contribution in [3.05, 3.63) is 52.5 Å². The second kappa shape index (κ2) is 7.09. The average molecular weight is 387 g/mol. The molecule has 0 bridgehead atoms. The summed E-state index contributed by atoms with van der Waals surface area (Å²) in [5.41, 5.74) is 4.39. The summed E-state index contributed by atoms with van der Waals surface area (Å²) in [5, 5.41) is 3.99. The van der Waals surface area contributed by atoms with E-state index in [-0.39, 0.29) is 5.91 Å². The Kier molecular flexibility index (Phi) is 4.90. The molecule has 4 nitrogen and oxygen atoms in total. The maximum Gasteiger partial charge on any atom is 0.216 e. The van der Waals surface area contributed by atoms with Crippen LogP contribution in [-0.4, -0.2) is 24.5 Å². The van der Waals surface area contributed by atoms with Crippen LogP contribution in [0.4, 0.5) is 0 Å². The number of carbonyl (C=O) groups is 1. The molecule has 3 aromatic rings. The van der Waals surface area contributed by atoms with Crippen LogP contribution in [0, 0.1) is 0 Å². The molecule has 0 radical (unpaired) electrons. The zero-order valence-electron chi connectivity index (χ0n) is 13.7. The largest absolute Gasteiger partial charge is 0.497 e. The molecule has 1 heterocycles. The third-order valence-electron chi connectivity index (χ3n) is 4.01. The highest BCUT2D eigenvalue weighted by molar-refractivity contribution is 9.10. The highest BCUT2D eigenvalue weighted by Crippen LogP contribution is 2.36. The van der Waals surface area contributed by atoms with Gasteiger partial charge < -0.3 is 15.0 Å². The van der Waals surface area contributed by atoms with E-state index in [4.69, 9.17) is 4.74 Å². The first-order chi connectivity index (χ1) is 11.6. The molecule has 5 heteroatoms. The minimum absolute atomic E-state index is 0.0186. The molecular weight excluding hydrogens is 368 g/mol. The third kappa shape index (κ3) is 3.31. The summed E-state index contributed by atoms with van der Waals surface area (Å²) in [5.74, 6) is 0.802. The fraction of sp³-hybridized carbons (Fsp3) is 0.211. The Bertz CT molecular complexity index is 886. The van der Waals surface area contributed by atoms with Crippen molar-refractivity contribution < 1.29 is 9.53 Å². The van der Waals surface area contributed by atoms with Crippen LogP contribution in [0.3, 0.4) is 0 Å². The minimum Gasteiger partial charge on any atom is -0.497 e. The number of hydrogen-bond acceptors (Lipinski definition) is 2.